The van der Waals surface area contributed by atoms with Crippen molar-refractivity contribution in [3.8, 4) is 0 Å². The van der Waals surface area contributed by atoms with Crippen LogP contribution in [0.15, 0.2) is 28.0 Å². The predicted molar refractivity (Wildman–Crippen MR) is 86.1 cm³/mol. The number of piperidine rings is 1. The molecule has 20 heavy (non-hydrogen) atoms. The first-order chi connectivity index (χ1) is 9.59. The number of aromatic nitrogens is 1. The second kappa shape index (κ2) is 6.78. The minimum atomic E-state index is -0.224. The summed E-state index contributed by atoms with van der Waals surface area (Å²) in [5.74, 6) is 0.339. The molecule has 0 bridgehead atoms. The standard InChI is InChI=1S/C13H19BrN4OS/c1-20-13(12(15)17-19)4-6-18(7-5-13)9-11-3-2-10(14)8-16-11/h2-3,8,19H,4-7,9H2,1H3,(H2,15,17). The molecule has 7 heteroatoms. The number of amidine groups is 1. The SMILES string of the molecule is CSC1(/C(N)=N/O)CCN(Cc2ccc(Br)cn2)CC1. The van der Waals surface area contributed by atoms with E-state index in [2.05, 4.69) is 31.0 Å². The van der Waals surface area contributed by atoms with E-state index in [0.717, 1.165) is 42.6 Å². The van der Waals surface area contributed by atoms with E-state index in [1.807, 2.05) is 24.6 Å². The van der Waals surface area contributed by atoms with Crippen LogP contribution in [0, 0.1) is 0 Å². The Morgan fingerprint density at radius 3 is 2.75 bits per heavy atom. The van der Waals surface area contributed by atoms with Crippen LogP contribution in [0.5, 0.6) is 0 Å². The minimum absolute atomic E-state index is 0.224. The summed E-state index contributed by atoms with van der Waals surface area (Å²) in [6.07, 6.45) is 5.62. The number of hydrogen-bond acceptors (Lipinski definition) is 5. The highest BCUT2D eigenvalue weighted by atomic mass is 79.9. The number of oxime groups is 1. The first-order valence-electron chi connectivity index (χ1n) is 6.45. The molecule has 0 atom stereocenters. The van der Waals surface area contributed by atoms with E-state index >= 15 is 0 Å². The number of thioether (sulfide) groups is 1. The third-order valence-electron chi connectivity index (χ3n) is 3.80. The Labute approximate surface area is 131 Å². The smallest absolute Gasteiger partial charge is 0.155 e. The first-order valence-corrected chi connectivity index (χ1v) is 8.47. The highest BCUT2D eigenvalue weighted by Crippen LogP contribution is 2.35. The van der Waals surface area contributed by atoms with Crippen LogP contribution in [0.1, 0.15) is 18.5 Å². The Balaban J connectivity index is 1.95. The summed E-state index contributed by atoms with van der Waals surface area (Å²) in [5.41, 5.74) is 6.91. The Kier molecular flexibility index (Phi) is 5.29. The molecule has 1 saturated heterocycles. The maximum absolute atomic E-state index is 8.93. The summed E-state index contributed by atoms with van der Waals surface area (Å²) in [6, 6.07) is 4.04. The first kappa shape index (κ1) is 15.6. The zero-order valence-electron chi connectivity index (χ0n) is 11.4. The van der Waals surface area contributed by atoms with Crippen molar-refractivity contribution in [2.45, 2.75) is 24.1 Å². The summed E-state index contributed by atoms with van der Waals surface area (Å²) in [4.78, 5) is 6.75. The predicted octanol–water partition coefficient (Wildman–Crippen LogP) is 2.29. The van der Waals surface area contributed by atoms with Crippen molar-refractivity contribution in [2.24, 2.45) is 10.9 Å². The van der Waals surface area contributed by atoms with Crippen LogP contribution in [-0.4, -0.2) is 45.0 Å². The van der Waals surface area contributed by atoms with Gasteiger partial charge in [0.15, 0.2) is 5.84 Å². The zero-order valence-corrected chi connectivity index (χ0v) is 13.8. The van der Waals surface area contributed by atoms with Gasteiger partial charge < -0.3 is 10.9 Å². The lowest BCUT2D eigenvalue weighted by atomic mass is 9.94. The maximum Gasteiger partial charge on any atom is 0.155 e. The summed E-state index contributed by atoms with van der Waals surface area (Å²) < 4.78 is 0.770. The van der Waals surface area contributed by atoms with Gasteiger partial charge in [0, 0.05) is 30.3 Å². The largest absolute Gasteiger partial charge is 0.409 e. The van der Waals surface area contributed by atoms with E-state index < -0.39 is 0 Å². The molecule has 110 valence electrons. The number of hydrogen-bond donors (Lipinski definition) is 2. The van der Waals surface area contributed by atoms with E-state index in [9.17, 15) is 0 Å². The summed E-state index contributed by atoms with van der Waals surface area (Å²) in [6.45, 7) is 2.69. The Hall–Kier alpha value is -0.790. The molecule has 0 aliphatic carbocycles. The van der Waals surface area contributed by atoms with Crippen LogP contribution >= 0.6 is 27.7 Å². The maximum atomic E-state index is 8.93. The normalized spacial score (nSPS) is 20.0. The van der Waals surface area contributed by atoms with Gasteiger partial charge in [-0.25, -0.2) is 0 Å². The quantitative estimate of drug-likeness (QED) is 0.373. The lowest BCUT2D eigenvalue weighted by Gasteiger charge is -2.39. The van der Waals surface area contributed by atoms with Crippen molar-refractivity contribution < 1.29 is 5.21 Å². The van der Waals surface area contributed by atoms with Crippen LogP contribution in [0.2, 0.25) is 0 Å². The molecule has 1 aromatic rings. The molecule has 5 nitrogen and oxygen atoms in total. The third kappa shape index (κ3) is 3.45. The number of halogens is 1. The van der Waals surface area contributed by atoms with Gasteiger partial charge in [0.25, 0.3) is 0 Å². The molecule has 0 unspecified atom stereocenters. The van der Waals surface area contributed by atoms with E-state index in [-0.39, 0.29) is 4.75 Å². The Bertz CT molecular complexity index is 472. The van der Waals surface area contributed by atoms with E-state index in [0.29, 0.717) is 5.84 Å². The van der Waals surface area contributed by atoms with Gasteiger partial charge in [0.05, 0.1) is 10.4 Å². The number of likely N-dealkylation sites (tertiary alicyclic amines) is 1. The van der Waals surface area contributed by atoms with Gasteiger partial charge in [0.1, 0.15) is 0 Å². The molecule has 1 aromatic heterocycles. The summed E-state index contributed by atoms with van der Waals surface area (Å²) in [5, 5.41) is 12.1. The van der Waals surface area contributed by atoms with Crippen molar-refractivity contribution in [1.82, 2.24) is 9.88 Å². The van der Waals surface area contributed by atoms with E-state index in [1.165, 1.54) is 0 Å². The van der Waals surface area contributed by atoms with Gasteiger partial charge in [0.2, 0.25) is 0 Å². The fourth-order valence-electron chi connectivity index (χ4n) is 2.46. The van der Waals surface area contributed by atoms with Gasteiger partial charge in [-0.3, -0.25) is 9.88 Å². The third-order valence-corrected chi connectivity index (χ3v) is 5.67. The zero-order chi connectivity index (χ0) is 14.6. The number of nitrogens with two attached hydrogens (primary N) is 1. The van der Waals surface area contributed by atoms with Gasteiger partial charge in [-0.15, -0.1) is 0 Å². The molecule has 3 N–H and O–H groups in total. The molecule has 2 heterocycles. The lowest BCUT2D eigenvalue weighted by molar-refractivity contribution is 0.207. The highest BCUT2D eigenvalue weighted by molar-refractivity contribution is 9.10. The molecule has 1 aliphatic heterocycles. The molecule has 0 amide bonds. The molecular formula is C13H19BrN4OS. The van der Waals surface area contributed by atoms with Crippen LogP contribution in [0.25, 0.3) is 0 Å². The fraction of sp³-hybridized carbons (Fsp3) is 0.538. The molecule has 2 rings (SSSR count). The van der Waals surface area contributed by atoms with Gasteiger partial charge in [-0.05, 0) is 47.2 Å². The Morgan fingerprint density at radius 2 is 2.25 bits per heavy atom. The van der Waals surface area contributed by atoms with Crippen LogP contribution in [0.3, 0.4) is 0 Å². The molecule has 0 radical (unpaired) electrons. The summed E-state index contributed by atoms with van der Waals surface area (Å²) >= 11 is 5.06. The fourth-order valence-corrected chi connectivity index (χ4v) is 3.53. The van der Waals surface area contributed by atoms with Gasteiger partial charge in [-0.2, -0.15) is 11.8 Å². The van der Waals surface area contributed by atoms with Crippen LogP contribution < -0.4 is 5.73 Å². The lowest BCUT2D eigenvalue weighted by Crippen LogP contribution is -2.49. The van der Waals surface area contributed by atoms with Crippen molar-refractivity contribution in [3.63, 3.8) is 0 Å². The summed E-state index contributed by atoms with van der Waals surface area (Å²) in [7, 11) is 0. The van der Waals surface area contributed by atoms with E-state index in [4.69, 9.17) is 10.9 Å². The van der Waals surface area contributed by atoms with Crippen molar-refractivity contribution in [1.29, 1.82) is 0 Å². The van der Waals surface area contributed by atoms with Crippen LogP contribution in [0.4, 0.5) is 0 Å². The average Bonchev–Trinajstić information content (AvgIpc) is 2.50. The molecule has 1 fully saturated rings. The average molecular weight is 359 g/mol. The second-order valence-corrected chi connectivity index (χ2v) is 7.03. The topological polar surface area (TPSA) is 74.7 Å². The van der Waals surface area contributed by atoms with Crippen molar-refractivity contribution in [3.05, 3.63) is 28.5 Å². The molecule has 1 aliphatic rings. The number of pyridine rings is 1. The van der Waals surface area contributed by atoms with Crippen molar-refractivity contribution >= 4 is 33.5 Å². The Morgan fingerprint density at radius 1 is 1.55 bits per heavy atom. The highest BCUT2D eigenvalue weighted by Gasteiger charge is 2.38. The van der Waals surface area contributed by atoms with Crippen LogP contribution in [-0.2, 0) is 6.54 Å². The van der Waals surface area contributed by atoms with Gasteiger partial charge in [-0.1, -0.05) is 5.16 Å². The van der Waals surface area contributed by atoms with Crippen molar-refractivity contribution in [2.75, 3.05) is 19.3 Å². The molecule has 0 spiro atoms. The monoisotopic (exact) mass is 358 g/mol. The van der Waals surface area contributed by atoms with E-state index in [1.54, 1.807) is 11.8 Å². The van der Waals surface area contributed by atoms with Gasteiger partial charge >= 0.3 is 0 Å². The molecular weight excluding hydrogens is 340 g/mol. The second-order valence-electron chi connectivity index (χ2n) is 4.93. The molecule has 0 aromatic carbocycles. The minimum Gasteiger partial charge on any atom is -0.409 e. The number of rotatable bonds is 4. The molecule has 0 saturated carbocycles. The number of nitrogens with zero attached hydrogens (tertiary/aromatic N) is 3.